The van der Waals surface area contributed by atoms with Gasteiger partial charge < -0.3 is 19.7 Å². The molecule has 0 aliphatic carbocycles. The van der Waals surface area contributed by atoms with E-state index in [4.69, 9.17) is 9.47 Å². The molecule has 3 rings (SSSR count). The quantitative estimate of drug-likeness (QED) is 0.834. The van der Waals surface area contributed by atoms with Gasteiger partial charge in [-0.2, -0.15) is 0 Å². The first-order valence-electron chi connectivity index (χ1n) is 8.33. The molecule has 0 amide bonds. The number of aromatic nitrogens is 2. The number of methoxy groups -OCH3 is 1. The molecule has 0 spiro atoms. The standard InChI is InChI=1S/C17H24N4O3S/c1-9-13-15(18-10(2)12-8-21(4)6-7-24-12)19-11(3)20-16(13)25-14(9)17(22)23-5/h10,12H,6-8H2,1-5H3,(H,18,19,20). The second-order valence-corrected chi connectivity index (χ2v) is 7.45. The summed E-state index contributed by atoms with van der Waals surface area (Å²) >= 11 is 1.34. The first kappa shape index (κ1) is 18.0. The number of likely N-dealkylation sites (N-methyl/N-ethyl adjacent to an activating group) is 1. The molecule has 1 saturated heterocycles. The van der Waals surface area contributed by atoms with Crippen molar-refractivity contribution >= 4 is 33.3 Å². The average Bonchev–Trinajstić information content (AvgIpc) is 2.90. The molecule has 7 nitrogen and oxygen atoms in total. The van der Waals surface area contributed by atoms with E-state index in [-0.39, 0.29) is 18.1 Å². The van der Waals surface area contributed by atoms with Crippen molar-refractivity contribution in [2.75, 3.05) is 39.2 Å². The molecule has 0 bridgehead atoms. The number of nitrogens with one attached hydrogen (secondary N) is 1. The molecule has 2 unspecified atom stereocenters. The minimum atomic E-state index is -0.339. The van der Waals surface area contributed by atoms with E-state index in [0.717, 1.165) is 41.3 Å². The Hall–Kier alpha value is -1.77. The summed E-state index contributed by atoms with van der Waals surface area (Å²) in [6.45, 7) is 8.41. The van der Waals surface area contributed by atoms with E-state index in [9.17, 15) is 4.79 Å². The maximum atomic E-state index is 12.0. The molecule has 2 aromatic heterocycles. The lowest BCUT2D eigenvalue weighted by Gasteiger charge is -2.34. The maximum absolute atomic E-state index is 12.0. The van der Waals surface area contributed by atoms with Gasteiger partial charge in [-0.15, -0.1) is 11.3 Å². The average molecular weight is 364 g/mol. The number of morpholine rings is 1. The molecule has 136 valence electrons. The van der Waals surface area contributed by atoms with Crippen LogP contribution in [0.5, 0.6) is 0 Å². The molecule has 2 atom stereocenters. The lowest BCUT2D eigenvalue weighted by molar-refractivity contribution is -0.0259. The van der Waals surface area contributed by atoms with Crippen molar-refractivity contribution < 1.29 is 14.3 Å². The van der Waals surface area contributed by atoms with Gasteiger partial charge in [0.15, 0.2) is 0 Å². The third-order valence-electron chi connectivity index (χ3n) is 4.49. The number of anilines is 1. The first-order chi connectivity index (χ1) is 11.9. The van der Waals surface area contributed by atoms with Gasteiger partial charge in [0, 0.05) is 13.1 Å². The Balaban J connectivity index is 1.95. The smallest absolute Gasteiger partial charge is 0.348 e. The van der Waals surface area contributed by atoms with Crippen LogP contribution in [0.1, 0.15) is 28.0 Å². The summed E-state index contributed by atoms with van der Waals surface area (Å²) in [7, 11) is 3.49. The lowest BCUT2D eigenvalue weighted by Crippen LogP contribution is -2.47. The summed E-state index contributed by atoms with van der Waals surface area (Å²) in [5.74, 6) is 1.08. The lowest BCUT2D eigenvalue weighted by atomic mass is 10.1. The van der Waals surface area contributed by atoms with Crippen LogP contribution in [0.3, 0.4) is 0 Å². The van der Waals surface area contributed by atoms with Crippen LogP contribution in [-0.2, 0) is 9.47 Å². The largest absolute Gasteiger partial charge is 0.465 e. The highest BCUT2D eigenvalue weighted by atomic mass is 32.1. The highest BCUT2D eigenvalue weighted by Gasteiger charge is 2.26. The third-order valence-corrected chi connectivity index (χ3v) is 5.66. The molecule has 2 aromatic rings. The molecular weight excluding hydrogens is 340 g/mol. The van der Waals surface area contributed by atoms with Crippen molar-refractivity contribution in [1.82, 2.24) is 14.9 Å². The summed E-state index contributed by atoms with van der Waals surface area (Å²) in [4.78, 5) is 24.7. The van der Waals surface area contributed by atoms with E-state index in [0.29, 0.717) is 10.7 Å². The minimum absolute atomic E-state index is 0.0844. The van der Waals surface area contributed by atoms with Crippen molar-refractivity contribution in [2.24, 2.45) is 0 Å². The Morgan fingerprint density at radius 3 is 2.88 bits per heavy atom. The molecule has 1 aliphatic rings. The Kier molecular flexibility index (Phi) is 5.21. The van der Waals surface area contributed by atoms with Crippen LogP contribution in [0.2, 0.25) is 0 Å². The number of thiophene rings is 1. The molecule has 1 aliphatic heterocycles. The zero-order valence-corrected chi connectivity index (χ0v) is 16.1. The minimum Gasteiger partial charge on any atom is -0.465 e. The summed E-state index contributed by atoms with van der Waals surface area (Å²) in [6.07, 6.45) is 0.0862. The molecule has 3 heterocycles. The Bertz CT molecular complexity index is 792. The summed E-state index contributed by atoms with van der Waals surface area (Å²) in [6, 6.07) is 0.0844. The van der Waals surface area contributed by atoms with Crippen molar-refractivity contribution in [1.29, 1.82) is 0 Å². The number of carbonyl (C=O) groups is 1. The van der Waals surface area contributed by atoms with E-state index in [2.05, 4.69) is 34.2 Å². The number of hydrogen-bond acceptors (Lipinski definition) is 8. The molecule has 1 N–H and O–H groups in total. The molecule has 0 saturated carbocycles. The number of carbonyl (C=O) groups excluding carboxylic acids is 1. The predicted octanol–water partition coefficient (Wildman–Crippen LogP) is 2.23. The van der Waals surface area contributed by atoms with Gasteiger partial charge in [0.05, 0.1) is 31.2 Å². The van der Waals surface area contributed by atoms with Crippen molar-refractivity contribution in [3.63, 3.8) is 0 Å². The fourth-order valence-corrected chi connectivity index (χ4v) is 4.20. The highest BCUT2D eigenvalue weighted by molar-refractivity contribution is 7.20. The zero-order valence-electron chi connectivity index (χ0n) is 15.3. The number of nitrogens with zero attached hydrogens (tertiary/aromatic N) is 3. The molecular formula is C17H24N4O3S. The number of fused-ring (bicyclic) bond motifs is 1. The van der Waals surface area contributed by atoms with E-state index >= 15 is 0 Å². The Morgan fingerprint density at radius 2 is 2.20 bits per heavy atom. The van der Waals surface area contributed by atoms with E-state index < -0.39 is 0 Å². The van der Waals surface area contributed by atoms with Gasteiger partial charge in [0.1, 0.15) is 21.3 Å². The van der Waals surface area contributed by atoms with Gasteiger partial charge in [-0.1, -0.05) is 0 Å². The van der Waals surface area contributed by atoms with Gasteiger partial charge in [-0.3, -0.25) is 0 Å². The van der Waals surface area contributed by atoms with E-state index in [1.54, 1.807) is 0 Å². The van der Waals surface area contributed by atoms with Crippen LogP contribution in [0.15, 0.2) is 0 Å². The third kappa shape index (κ3) is 3.61. The van der Waals surface area contributed by atoms with Gasteiger partial charge in [-0.25, -0.2) is 14.8 Å². The monoisotopic (exact) mass is 364 g/mol. The van der Waals surface area contributed by atoms with E-state index in [1.807, 2.05) is 13.8 Å². The summed E-state index contributed by atoms with van der Waals surface area (Å²) in [5, 5.41) is 4.36. The normalized spacial score (nSPS) is 19.8. The maximum Gasteiger partial charge on any atom is 0.348 e. The molecule has 8 heteroatoms. The molecule has 0 aromatic carbocycles. The fraction of sp³-hybridized carbons (Fsp3) is 0.588. The van der Waals surface area contributed by atoms with Gasteiger partial charge in [0.2, 0.25) is 0 Å². The van der Waals surface area contributed by atoms with Crippen LogP contribution >= 0.6 is 11.3 Å². The van der Waals surface area contributed by atoms with Gasteiger partial charge in [-0.05, 0) is 33.4 Å². The Morgan fingerprint density at radius 1 is 1.44 bits per heavy atom. The van der Waals surface area contributed by atoms with Crippen LogP contribution in [-0.4, -0.2) is 66.8 Å². The van der Waals surface area contributed by atoms with Crippen LogP contribution in [0, 0.1) is 13.8 Å². The van der Waals surface area contributed by atoms with Crippen molar-refractivity contribution in [3.8, 4) is 0 Å². The van der Waals surface area contributed by atoms with Crippen LogP contribution in [0.4, 0.5) is 5.82 Å². The number of rotatable bonds is 4. The summed E-state index contributed by atoms with van der Waals surface area (Å²) in [5.41, 5.74) is 0.850. The molecule has 0 radical (unpaired) electrons. The number of esters is 1. The SMILES string of the molecule is COC(=O)c1sc2nc(C)nc(NC(C)C3CN(C)CCO3)c2c1C. The van der Waals surface area contributed by atoms with Crippen LogP contribution in [0.25, 0.3) is 10.2 Å². The zero-order chi connectivity index (χ0) is 18.1. The number of aryl methyl sites for hydroxylation is 2. The predicted molar refractivity (Wildman–Crippen MR) is 98.6 cm³/mol. The highest BCUT2D eigenvalue weighted by Crippen LogP contribution is 2.34. The second kappa shape index (κ2) is 7.23. The van der Waals surface area contributed by atoms with Crippen LogP contribution < -0.4 is 5.32 Å². The molecule has 25 heavy (non-hydrogen) atoms. The number of hydrogen-bond donors (Lipinski definition) is 1. The second-order valence-electron chi connectivity index (χ2n) is 6.45. The van der Waals surface area contributed by atoms with E-state index in [1.165, 1.54) is 18.4 Å². The van der Waals surface area contributed by atoms with Crippen molar-refractivity contribution in [3.05, 3.63) is 16.3 Å². The Labute approximate surface area is 151 Å². The van der Waals surface area contributed by atoms with Gasteiger partial charge >= 0.3 is 5.97 Å². The molecule has 1 fully saturated rings. The number of ether oxygens (including phenoxy) is 2. The summed E-state index contributed by atoms with van der Waals surface area (Å²) < 4.78 is 10.8. The van der Waals surface area contributed by atoms with Crippen molar-refractivity contribution in [2.45, 2.75) is 32.9 Å². The fourth-order valence-electron chi connectivity index (χ4n) is 3.06. The topological polar surface area (TPSA) is 76.6 Å². The van der Waals surface area contributed by atoms with Gasteiger partial charge in [0.25, 0.3) is 0 Å². The first-order valence-corrected chi connectivity index (χ1v) is 9.15.